The van der Waals surface area contributed by atoms with E-state index < -0.39 is 0 Å². The van der Waals surface area contributed by atoms with Crippen LogP contribution in [0.5, 0.6) is 0 Å². The van der Waals surface area contributed by atoms with Crippen LogP contribution in [0.4, 0.5) is 0 Å². The van der Waals surface area contributed by atoms with Crippen LogP contribution in [-0.4, -0.2) is 24.3 Å². The summed E-state index contributed by atoms with van der Waals surface area (Å²) in [6, 6.07) is 8.50. The molecule has 1 aliphatic heterocycles. The molecule has 80 valence electrons. The highest BCUT2D eigenvalue weighted by atomic mass is 79.9. The number of nitrogens with zero attached hydrogens (tertiary/aromatic N) is 1. The third-order valence-electron chi connectivity index (χ3n) is 2.95. The van der Waals surface area contributed by atoms with Gasteiger partial charge in [-0.15, -0.1) is 0 Å². The maximum Gasteiger partial charge on any atom is 0.136 e. The molecule has 0 amide bonds. The van der Waals surface area contributed by atoms with Crippen molar-refractivity contribution in [3.05, 3.63) is 34.3 Å². The molecule has 0 saturated carbocycles. The van der Waals surface area contributed by atoms with Crippen LogP contribution < -0.4 is 0 Å². The first-order chi connectivity index (χ1) is 7.16. The summed E-state index contributed by atoms with van der Waals surface area (Å²) < 4.78 is 1.08. The van der Waals surface area contributed by atoms with Crippen LogP contribution in [-0.2, 0) is 4.79 Å². The number of hydrogen-bond acceptors (Lipinski definition) is 2. The normalized spacial score (nSPS) is 23.1. The average Bonchev–Trinajstić information content (AvgIpc) is 2.23. The number of piperidine rings is 1. The van der Waals surface area contributed by atoms with Crippen molar-refractivity contribution in [2.75, 3.05) is 13.6 Å². The molecule has 0 radical (unpaired) electrons. The van der Waals surface area contributed by atoms with Crippen molar-refractivity contribution in [2.24, 2.45) is 0 Å². The van der Waals surface area contributed by atoms with Crippen molar-refractivity contribution in [3.8, 4) is 0 Å². The molecule has 15 heavy (non-hydrogen) atoms. The number of halogens is 1. The number of carbonyl (C=O) groups is 1. The van der Waals surface area contributed by atoms with Gasteiger partial charge < -0.3 is 0 Å². The Labute approximate surface area is 98.4 Å². The Morgan fingerprint density at radius 1 is 1.33 bits per heavy atom. The minimum absolute atomic E-state index is 0.263. The van der Waals surface area contributed by atoms with E-state index in [2.05, 4.69) is 40.0 Å². The predicted molar refractivity (Wildman–Crippen MR) is 63.8 cm³/mol. The fourth-order valence-electron chi connectivity index (χ4n) is 1.99. The lowest BCUT2D eigenvalue weighted by atomic mass is 9.95. The van der Waals surface area contributed by atoms with Gasteiger partial charge in [-0.25, -0.2) is 0 Å². The Morgan fingerprint density at radius 2 is 2.00 bits per heavy atom. The van der Waals surface area contributed by atoms with E-state index in [-0.39, 0.29) is 6.04 Å². The molecule has 0 bridgehead atoms. The minimum Gasteiger partial charge on any atom is -0.300 e. The summed E-state index contributed by atoms with van der Waals surface area (Å²) in [7, 11) is 2.08. The van der Waals surface area contributed by atoms with Crippen LogP contribution in [0.3, 0.4) is 0 Å². The number of ketones is 1. The van der Waals surface area contributed by atoms with Crippen molar-refractivity contribution in [3.63, 3.8) is 0 Å². The second-order valence-corrected chi connectivity index (χ2v) is 4.96. The molecule has 1 aromatic rings. The molecule has 0 unspecified atom stereocenters. The molecule has 2 rings (SSSR count). The summed E-state index contributed by atoms with van der Waals surface area (Å²) in [6.45, 7) is 0.875. The molecule has 3 heteroatoms. The molecule has 2 nitrogen and oxygen atoms in total. The third kappa shape index (κ3) is 2.47. The van der Waals surface area contributed by atoms with Gasteiger partial charge in [0, 0.05) is 29.9 Å². The number of benzene rings is 1. The zero-order chi connectivity index (χ0) is 10.8. The van der Waals surface area contributed by atoms with E-state index >= 15 is 0 Å². The van der Waals surface area contributed by atoms with Gasteiger partial charge in [0.05, 0.1) is 0 Å². The number of rotatable bonds is 1. The molecule has 1 atom stereocenters. The Kier molecular flexibility index (Phi) is 3.22. The maximum absolute atomic E-state index is 11.4. The monoisotopic (exact) mass is 267 g/mol. The molecule has 1 aromatic carbocycles. The van der Waals surface area contributed by atoms with E-state index in [1.807, 2.05) is 12.1 Å². The van der Waals surface area contributed by atoms with Gasteiger partial charge in [-0.1, -0.05) is 28.1 Å². The number of Topliss-reactive ketones (excluding diaryl/α,β-unsaturated/α-hetero) is 1. The molecule has 0 aromatic heterocycles. The van der Waals surface area contributed by atoms with Gasteiger partial charge in [-0.3, -0.25) is 9.69 Å². The zero-order valence-electron chi connectivity index (χ0n) is 8.74. The highest BCUT2D eigenvalue weighted by molar-refractivity contribution is 9.10. The molecular weight excluding hydrogens is 254 g/mol. The SMILES string of the molecule is CN1CCC(=O)C[C@@H]1c1ccc(Br)cc1. The van der Waals surface area contributed by atoms with Gasteiger partial charge in [-0.05, 0) is 24.7 Å². The summed E-state index contributed by atoms with van der Waals surface area (Å²) in [4.78, 5) is 13.7. The Morgan fingerprint density at radius 3 is 2.67 bits per heavy atom. The fraction of sp³-hybridized carbons (Fsp3) is 0.417. The van der Waals surface area contributed by atoms with Crippen LogP contribution in [0.2, 0.25) is 0 Å². The van der Waals surface area contributed by atoms with Gasteiger partial charge in [0.25, 0.3) is 0 Å². The van der Waals surface area contributed by atoms with Crippen molar-refractivity contribution in [1.82, 2.24) is 4.90 Å². The van der Waals surface area contributed by atoms with Crippen molar-refractivity contribution in [1.29, 1.82) is 0 Å². The summed E-state index contributed by atoms with van der Waals surface area (Å²) in [5.41, 5.74) is 1.23. The van der Waals surface area contributed by atoms with E-state index in [9.17, 15) is 4.79 Å². The Hall–Kier alpha value is -0.670. The molecule has 1 aliphatic rings. The summed E-state index contributed by atoms with van der Waals surface area (Å²) in [5.74, 6) is 0.376. The molecule has 0 spiro atoms. The molecule has 0 N–H and O–H groups in total. The van der Waals surface area contributed by atoms with Gasteiger partial charge in [-0.2, -0.15) is 0 Å². The Bertz CT molecular complexity index is 360. The first-order valence-corrected chi connectivity index (χ1v) is 5.93. The van der Waals surface area contributed by atoms with Gasteiger partial charge in [0.2, 0.25) is 0 Å². The van der Waals surface area contributed by atoms with E-state index in [0.717, 1.165) is 11.0 Å². The summed E-state index contributed by atoms with van der Waals surface area (Å²) >= 11 is 3.42. The van der Waals surface area contributed by atoms with Crippen LogP contribution in [0, 0.1) is 0 Å². The number of likely N-dealkylation sites (tertiary alicyclic amines) is 1. The standard InChI is InChI=1S/C12H14BrNO/c1-14-7-6-11(15)8-12(14)9-2-4-10(13)5-3-9/h2-5,12H,6-8H2,1H3/t12-/m1/s1. The lowest BCUT2D eigenvalue weighted by Gasteiger charge is -2.31. The first-order valence-electron chi connectivity index (χ1n) is 5.14. The maximum atomic E-state index is 11.4. The smallest absolute Gasteiger partial charge is 0.136 e. The largest absolute Gasteiger partial charge is 0.300 e. The molecule has 1 heterocycles. The molecule has 0 aliphatic carbocycles. The first kappa shape index (κ1) is 10.8. The van der Waals surface area contributed by atoms with Crippen LogP contribution >= 0.6 is 15.9 Å². The topological polar surface area (TPSA) is 20.3 Å². The lowest BCUT2D eigenvalue weighted by molar-refractivity contribution is -0.122. The molecular formula is C12H14BrNO. The summed E-state index contributed by atoms with van der Waals surface area (Å²) in [6.07, 6.45) is 1.35. The van der Waals surface area contributed by atoms with E-state index in [0.29, 0.717) is 18.6 Å². The lowest BCUT2D eigenvalue weighted by Crippen LogP contribution is -2.33. The van der Waals surface area contributed by atoms with E-state index in [1.54, 1.807) is 0 Å². The van der Waals surface area contributed by atoms with Crippen molar-refractivity contribution < 1.29 is 4.79 Å². The van der Waals surface area contributed by atoms with Crippen molar-refractivity contribution in [2.45, 2.75) is 18.9 Å². The average molecular weight is 268 g/mol. The fourth-order valence-corrected chi connectivity index (χ4v) is 2.25. The summed E-state index contributed by atoms with van der Waals surface area (Å²) in [5, 5.41) is 0. The van der Waals surface area contributed by atoms with Crippen molar-refractivity contribution >= 4 is 21.7 Å². The quantitative estimate of drug-likeness (QED) is 0.780. The van der Waals surface area contributed by atoms with Gasteiger partial charge in [0.1, 0.15) is 5.78 Å². The second-order valence-electron chi connectivity index (χ2n) is 4.04. The minimum atomic E-state index is 0.263. The van der Waals surface area contributed by atoms with Gasteiger partial charge in [0.15, 0.2) is 0 Å². The highest BCUT2D eigenvalue weighted by Crippen LogP contribution is 2.28. The molecule has 1 fully saturated rings. The highest BCUT2D eigenvalue weighted by Gasteiger charge is 2.25. The zero-order valence-corrected chi connectivity index (χ0v) is 10.3. The second kappa shape index (κ2) is 4.45. The molecule has 1 saturated heterocycles. The van der Waals surface area contributed by atoms with E-state index in [1.165, 1.54) is 5.56 Å². The predicted octanol–water partition coefficient (Wildman–Crippen LogP) is 2.78. The van der Waals surface area contributed by atoms with Crippen LogP contribution in [0.25, 0.3) is 0 Å². The van der Waals surface area contributed by atoms with E-state index in [4.69, 9.17) is 0 Å². The Balaban J connectivity index is 2.21. The van der Waals surface area contributed by atoms with Gasteiger partial charge >= 0.3 is 0 Å². The number of carbonyl (C=O) groups excluding carboxylic acids is 1. The van der Waals surface area contributed by atoms with Crippen LogP contribution in [0.15, 0.2) is 28.7 Å². The third-order valence-corrected chi connectivity index (χ3v) is 3.48. The number of hydrogen-bond donors (Lipinski definition) is 0. The van der Waals surface area contributed by atoms with Crippen LogP contribution in [0.1, 0.15) is 24.4 Å².